The van der Waals surface area contributed by atoms with Crippen LogP contribution in [0.25, 0.3) is 0 Å². The summed E-state index contributed by atoms with van der Waals surface area (Å²) in [5, 5.41) is 4.13. The van der Waals surface area contributed by atoms with Crippen LogP contribution in [0.3, 0.4) is 0 Å². The number of hydrogen-bond acceptors (Lipinski definition) is 4. The summed E-state index contributed by atoms with van der Waals surface area (Å²) in [6.07, 6.45) is 7.66. The van der Waals surface area contributed by atoms with E-state index in [1.165, 1.54) is 6.20 Å². The van der Waals surface area contributed by atoms with Crippen molar-refractivity contribution in [3.63, 3.8) is 0 Å². The molecule has 0 saturated carbocycles. The molecule has 2 rings (SSSR count). The van der Waals surface area contributed by atoms with Crippen LogP contribution < -0.4 is 0 Å². The molecule has 96 valence electrons. The van der Waals surface area contributed by atoms with Crippen molar-refractivity contribution < 1.29 is 9.53 Å². The lowest BCUT2D eigenvalue weighted by molar-refractivity contribution is 0.0526. The highest BCUT2D eigenvalue weighted by atomic mass is 16.5. The number of imidazole rings is 1. The number of esters is 1. The molecule has 0 atom stereocenters. The summed E-state index contributed by atoms with van der Waals surface area (Å²) in [5.74, 6) is 0.656. The van der Waals surface area contributed by atoms with Crippen LogP contribution >= 0.6 is 0 Å². The van der Waals surface area contributed by atoms with E-state index in [2.05, 4.69) is 10.1 Å². The molecular formula is C12H16N4O2. The summed E-state index contributed by atoms with van der Waals surface area (Å²) < 4.78 is 8.59. The SMILES string of the molecule is CCOC(=O)c1cnn(CCc2nccn2C)c1. The number of carbonyl (C=O) groups is 1. The molecule has 2 aromatic heterocycles. The van der Waals surface area contributed by atoms with E-state index >= 15 is 0 Å². The van der Waals surface area contributed by atoms with Crippen LogP contribution in [0.2, 0.25) is 0 Å². The minimum absolute atomic E-state index is 0.333. The number of aryl methyl sites for hydroxylation is 3. The smallest absolute Gasteiger partial charge is 0.341 e. The molecule has 18 heavy (non-hydrogen) atoms. The molecule has 2 aromatic rings. The Morgan fingerprint density at radius 1 is 1.50 bits per heavy atom. The maximum atomic E-state index is 11.5. The number of nitrogens with zero attached hydrogens (tertiary/aromatic N) is 4. The van der Waals surface area contributed by atoms with Gasteiger partial charge in [-0.3, -0.25) is 4.68 Å². The van der Waals surface area contributed by atoms with Crippen LogP contribution in [-0.2, 0) is 24.8 Å². The van der Waals surface area contributed by atoms with Gasteiger partial charge in [0.1, 0.15) is 5.82 Å². The van der Waals surface area contributed by atoms with Gasteiger partial charge in [0.25, 0.3) is 0 Å². The maximum Gasteiger partial charge on any atom is 0.341 e. The lowest BCUT2D eigenvalue weighted by atomic mass is 10.3. The Morgan fingerprint density at radius 2 is 2.33 bits per heavy atom. The molecule has 6 nitrogen and oxygen atoms in total. The Labute approximate surface area is 105 Å². The van der Waals surface area contributed by atoms with Crippen molar-refractivity contribution in [2.24, 2.45) is 7.05 Å². The minimum Gasteiger partial charge on any atom is -0.462 e. The molecular weight excluding hydrogens is 232 g/mol. The van der Waals surface area contributed by atoms with E-state index in [0.717, 1.165) is 12.2 Å². The average Bonchev–Trinajstić information content (AvgIpc) is 2.96. The fourth-order valence-electron chi connectivity index (χ4n) is 1.66. The molecule has 2 heterocycles. The highest BCUT2D eigenvalue weighted by molar-refractivity contribution is 5.88. The van der Waals surface area contributed by atoms with Crippen molar-refractivity contribution >= 4 is 5.97 Å². The molecule has 0 unspecified atom stereocenters. The molecule has 6 heteroatoms. The predicted octanol–water partition coefficient (Wildman–Crippen LogP) is 1.04. The normalized spacial score (nSPS) is 10.6. The average molecular weight is 248 g/mol. The molecule has 0 spiro atoms. The van der Waals surface area contributed by atoms with E-state index in [-0.39, 0.29) is 5.97 Å². The van der Waals surface area contributed by atoms with Gasteiger partial charge in [-0.15, -0.1) is 0 Å². The largest absolute Gasteiger partial charge is 0.462 e. The summed E-state index contributed by atoms with van der Waals surface area (Å²) in [5.41, 5.74) is 0.483. The molecule has 0 aliphatic heterocycles. The molecule has 0 aromatic carbocycles. The van der Waals surface area contributed by atoms with Gasteiger partial charge >= 0.3 is 5.97 Å². The van der Waals surface area contributed by atoms with Crippen molar-refractivity contribution in [2.45, 2.75) is 19.9 Å². The monoisotopic (exact) mass is 248 g/mol. The third-order valence-electron chi connectivity index (χ3n) is 2.63. The van der Waals surface area contributed by atoms with E-state index in [1.807, 2.05) is 17.8 Å². The second kappa shape index (κ2) is 5.48. The maximum absolute atomic E-state index is 11.5. The van der Waals surface area contributed by atoms with Gasteiger partial charge in [-0.1, -0.05) is 0 Å². The van der Waals surface area contributed by atoms with Crippen LogP contribution in [0.15, 0.2) is 24.8 Å². The fraction of sp³-hybridized carbons (Fsp3) is 0.417. The second-order valence-corrected chi connectivity index (χ2v) is 3.92. The first kappa shape index (κ1) is 12.3. The van der Waals surface area contributed by atoms with Crippen molar-refractivity contribution in [1.82, 2.24) is 19.3 Å². The van der Waals surface area contributed by atoms with Crippen LogP contribution in [0.4, 0.5) is 0 Å². The van der Waals surface area contributed by atoms with E-state index in [1.54, 1.807) is 24.0 Å². The molecule has 0 aliphatic carbocycles. The van der Waals surface area contributed by atoms with Gasteiger partial charge in [-0.2, -0.15) is 5.10 Å². The zero-order valence-corrected chi connectivity index (χ0v) is 10.5. The van der Waals surface area contributed by atoms with Crippen molar-refractivity contribution in [3.8, 4) is 0 Å². The highest BCUT2D eigenvalue weighted by Gasteiger charge is 2.09. The number of carbonyl (C=O) groups excluding carboxylic acids is 1. The standard InChI is InChI=1S/C12H16N4O2/c1-3-18-12(17)10-8-14-16(9-10)6-4-11-13-5-7-15(11)2/h5,7-9H,3-4,6H2,1-2H3. The molecule has 0 amide bonds. The first-order valence-electron chi connectivity index (χ1n) is 5.86. The quantitative estimate of drug-likeness (QED) is 0.742. The van der Waals surface area contributed by atoms with Crippen molar-refractivity contribution in [1.29, 1.82) is 0 Å². The van der Waals surface area contributed by atoms with Gasteiger partial charge in [-0.05, 0) is 6.92 Å². The van der Waals surface area contributed by atoms with E-state index in [0.29, 0.717) is 18.7 Å². The highest BCUT2D eigenvalue weighted by Crippen LogP contribution is 2.03. The van der Waals surface area contributed by atoms with Crippen LogP contribution in [-0.4, -0.2) is 31.9 Å². The van der Waals surface area contributed by atoms with Gasteiger partial charge in [0, 0.05) is 38.6 Å². The summed E-state index contributed by atoms with van der Waals surface area (Å²) >= 11 is 0. The summed E-state index contributed by atoms with van der Waals surface area (Å²) in [6.45, 7) is 2.84. The summed E-state index contributed by atoms with van der Waals surface area (Å²) in [4.78, 5) is 15.7. The molecule has 0 fully saturated rings. The van der Waals surface area contributed by atoms with Gasteiger partial charge < -0.3 is 9.30 Å². The number of rotatable bonds is 5. The van der Waals surface area contributed by atoms with Crippen LogP contribution in [0.5, 0.6) is 0 Å². The Hall–Kier alpha value is -2.11. The van der Waals surface area contributed by atoms with Gasteiger partial charge in [0.2, 0.25) is 0 Å². The number of ether oxygens (including phenoxy) is 1. The Balaban J connectivity index is 1.95. The molecule has 0 radical (unpaired) electrons. The first-order valence-corrected chi connectivity index (χ1v) is 5.86. The van der Waals surface area contributed by atoms with Gasteiger partial charge in [0.05, 0.1) is 18.4 Å². The molecule has 0 aliphatic rings. The minimum atomic E-state index is -0.333. The van der Waals surface area contributed by atoms with E-state index in [9.17, 15) is 4.79 Å². The Bertz CT molecular complexity index is 530. The lowest BCUT2D eigenvalue weighted by Gasteiger charge is -2.02. The van der Waals surface area contributed by atoms with Crippen LogP contribution in [0, 0.1) is 0 Å². The van der Waals surface area contributed by atoms with Gasteiger partial charge in [0.15, 0.2) is 0 Å². The molecule has 0 bridgehead atoms. The summed E-state index contributed by atoms with van der Waals surface area (Å²) in [6, 6.07) is 0. The van der Waals surface area contributed by atoms with E-state index in [4.69, 9.17) is 4.74 Å². The van der Waals surface area contributed by atoms with E-state index < -0.39 is 0 Å². The Kier molecular flexibility index (Phi) is 3.76. The van der Waals surface area contributed by atoms with Gasteiger partial charge in [-0.25, -0.2) is 9.78 Å². The van der Waals surface area contributed by atoms with Crippen LogP contribution in [0.1, 0.15) is 23.1 Å². The fourth-order valence-corrected chi connectivity index (χ4v) is 1.66. The second-order valence-electron chi connectivity index (χ2n) is 3.92. The third kappa shape index (κ3) is 2.77. The predicted molar refractivity (Wildman–Crippen MR) is 65.1 cm³/mol. The topological polar surface area (TPSA) is 61.9 Å². The lowest BCUT2D eigenvalue weighted by Crippen LogP contribution is -2.06. The Morgan fingerprint density at radius 3 is 3.00 bits per heavy atom. The molecule has 0 saturated heterocycles. The zero-order valence-electron chi connectivity index (χ0n) is 10.5. The number of aromatic nitrogens is 4. The first-order chi connectivity index (χ1) is 8.70. The summed E-state index contributed by atoms with van der Waals surface area (Å²) in [7, 11) is 1.95. The molecule has 0 N–H and O–H groups in total. The third-order valence-corrected chi connectivity index (χ3v) is 2.63. The zero-order chi connectivity index (χ0) is 13.0. The van der Waals surface area contributed by atoms with Crippen molar-refractivity contribution in [3.05, 3.63) is 36.2 Å². The van der Waals surface area contributed by atoms with Crippen molar-refractivity contribution in [2.75, 3.05) is 6.61 Å². The number of hydrogen-bond donors (Lipinski definition) is 0.